The molecule has 0 spiro atoms. The Morgan fingerprint density at radius 1 is 1.14 bits per heavy atom. The van der Waals surface area contributed by atoms with Crippen LogP contribution >= 0.6 is 0 Å². The van der Waals surface area contributed by atoms with Gasteiger partial charge in [-0.2, -0.15) is 0 Å². The lowest BCUT2D eigenvalue weighted by molar-refractivity contribution is 0.0600. The Bertz CT molecular complexity index is 626. The highest BCUT2D eigenvalue weighted by Crippen LogP contribution is 2.35. The zero-order valence-corrected chi connectivity index (χ0v) is 12.0. The lowest BCUT2D eigenvalue weighted by Gasteiger charge is -2.14. The SMILES string of the molecule is COC(=O)c1cc(N)c(OCc2ccccc2)c(OC)c1. The van der Waals surface area contributed by atoms with Crippen molar-refractivity contribution >= 4 is 11.7 Å². The van der Waals surface area contributed by atoms with E-state index in [9.17, 15) is 4.79 Å². The molecular weight excluding hydrogens is 270 g/mol. The number of rotatable bonds is 5. The highest BCUT2D eigenvalue weighted by Gasteiger charge is 2.15. The van der Waals surface area contributed by atoms with Crippen molar-refractivity contribution < 1.29 is 19.0 Å². The summed E-state index contributed by atoms with van der Waals surface area (Å²) < 4.78 is 15.6. The fraction of sp³-hybridized carbons (Fsp3) is 0.188. The van der Waals surface area contributed by atoms with E-state index in [0.717, 1.165) is 5.56 Å². The van der Waals surface area contributed by atoms with Gasteiger partial charge in [-0.25, -0.2) is 4.79 Å². The Morgan fingerprint density at radius 3 is 2.48 bits per heavy atom. The number of carbonyl (C=O) groups is 1. The fourth-order valence-electron chi connectivity index (χ4n) is 1.90. The average Bonchev–Trinajstić information content (AvgIpc) is 2.53. The summed E-state index contributed by atoms with van der Waals surface area (Å²) in [5, 5.41) is 0. The molecular formula is C16H17NO4. The minimum atomic E-state index is -0.477. The molecule has 2 rings (SSSR count). The molecule has 0 bridgehead atoms. The summed E-state index contributed by atoms with van der Waals surface area (Å²) in [7, 11) is 2.80. The molecule has 0 saturated heterocycles. The molecule has 0 aliphatic carbocycles. The summed E-state index contributed by atoms with van der Waals surface area (Å²) in [4.78, 5) is 11.6. The second kappa shape index (κ2) is 6.65. The molecule has 21 heavy (non-hydrogen) atoms. The zero-order valence-electron chi connectivity index (χ0n) is 12.0. The lowest BCUT2D eigenvalue weighted by atomic mass is 10.1. The van der Waals surface area contributed by atoms with Crippen LogP contribution < -0.4 is 15.2 Å². The Morgan fingerprint density at radius 2 is 1.86 bits per heavy atom. The molecule has 0 heterocycles. The van der Waals surface area contributed by atoms with Crippen molar-refractivity contribution in [3.8, 4) is 11.5 Å². The first-order valence-electron chi connectivity index (χ1n) is 6.38. The Labute approximate surface area is 123 Å². The monoisotopic (exact) mass is 287 g/mol. The zero-order chi connectivity index (χ0) is 15.2. The molecule has 2 aromatic carbocycles. The van der Waals surface area contributed by atoms with Gasteiger partial charge in [-0.3, -0.25) is 0 Å². The highest BCUT2D eigenvalue weighted by molar-refractivity contribution is 5.92. The van der Waals surface area contributed by atoms with E-state index in [0.29, 0.717) is 29.4 Å². The number of ether oxygens (including phenoxy) is 3. The predicted molar refractivity (Wildman–Crippen MR) is 79.5 cm³/mol. The molecule has 0 aromatic heterocycles. The van der Waals surface area contributed by atoms with Gasteiger partial charge in [-0.1, -0.05) is 30.3 Å². The summed E-state index contributed by atoms with van der Waals surface area (Å²) >= 11 is 0. The number of carbonyl (C=O) groups excluding carboxylic acids is 1. The van der Waals surface area contributed by atoms with Gasteiger partial charge in [0.1, 0.15) is 6.61 Å². The first-order valence-corrected chi connectivity index (χ1v) is 6.38. The third kappa shape index (κ3) is 3.45. The molecule has 110 valence electrons. The molecule has 0 aliphatic rings. The topological polar surface area (TPSA) is 70.8 Å². The van der Waals surface area contributed by atoms with Gasteiger partial charge in [0.15, 0.2) is 11.5 Å². The highest BCUT2D eigenvalue weighted by atomic mass is 16.5. The van der Waals surface area contributed by atoms with Crippen molar-refractivity contribution in [2.24, 2.45) is 0 Å². The number of methoxy groups -OCH3 is 2. The first kappa shape index (κ1) is 14.7. The first-order chi connectivity index (χ1) is 10.2. The van der Waals surface area contributed by atoms with Crippen LogP contribution in [0.25, 0.3) is 0 Å². The molecule has 2 aromatic rings. The second-order valence-corrected chi connectivity index (χ2v) is 4.36. The van der Waals surface area contributed by atoms with Crippen molar-refractivity contribution in [1.82, 2.24) is 0 Å². The van der Waals surface area contributed by atoms with Crippen LogP contribution in [0.3, 0.4) is 0 Å². The average molecular weight is 287 g/mol. The summed E-state index contributed by atoms with van der Waals surface area (Å²) in [5.41, 5.74) is 7.59. The van der Waals surface area contributed by atoms with Gasteiger partial charge in [-0.15, -0.1) is 0 Å². The number of nitrogens with two attached hydrogens (primary N) is 1. The molecule has 0 amide bonds. The maximum absolute atomic E-state index is 11.6. The van der Waals surface area contributed by atoms with Crippen LogP contribution in [0.1, 0.15) is 15.9 Å². The van der Waals surface area contributed by atoms with Crippen molar-refractivity contribution in [2.45, 2.75) is 6.61 Å². The number of hydrogen-bond donors (Lipinski definition) is 1. The standard InChI is InChI=1S/C16H17NO4/c1-19-14-9-12(16(18)20-2)8-13(17)15(14)21-10-11-6-4-3-5-7-11/h3-9H,10,17H2,1-2H3. The maximum atomic E-state index is 11.6. The molecule has 0 radical (unpaired) electrons. The van der Waals surface area contributed by atoms with Crippen LogP contribution in [0.15, 0.2) is 42.5 Å². The molecule has 5 nitrogen and oxygen atoms in total. The van der Waals surface area contributed by atoms with Gasteiger partial charge in [0, 0.05) is 0 Å². The minimum absolute atomic E-state index is 0.318. The van der Waals surface area contributed by atoms with Crippen LogP contribution in [-0.2, 0) is 11.3 Å². The smallest absolute Gasteiger partial charge is 0.338 e. The van der Waals surface area contributed by atoms with Gasteiger partial charge in [0.2, 0.25) is 0 Å². The number of esters is 1. The van der Waals surface area contributed by atoms with E-state index >= 15 is 0 Å². The van der Waals surface area contributed by atoms with Crippen molar-refractivity contribution in [1.29, 1.82) is 0 Å². The Balaban J connectivity index is 2.24. The van der Waals surface area contributed by atoms with Gasteiger partial charge >= 0.3 is 5.97 Å². The van der Waals surface area contributed by atoms with Crippen molar-refractivity contribution in [2.75, 3.05) is 20.0 Å². The number of hydrogen-bond acceptors (Lipinski definition) is 5. The molecule has 0 atom stereocenters. The predicted octanol–water partition coefficient (Wildman–Crippen LogP) is 2.64. The van der Waals surface area contributed by atoms with Crippen LogP contribution in [0.4, 0.5) is 5.69 Å². The van der Waals surface area contributed by atoms with Crippen LogP contribution in [-0.4, -0.2) is 20.2 Å². The Kier molecular flexibility index (Phi) is 4.66. The van der Waals surface area contributed by atoms with Crippen LogP contribution in [0, 0.1) is 0 Å². The summed E-state index contributed by atoms with van der Waals surface area (Å²) in [6.45, 7) is 0.360. The van der Waals surface area contributed by atoms with Gasteiger partial charge in [0.05, 0.1) is 25.5 Å². The van der Waals surface area contributed by atoms with Crippen LogP contribution in [0.5, 0.6) is 11.5 Å². The molecule has 2 N–H and O–H groups in total. The van der Waals surface area contributed by atoms with E-state index < -0.39 is 5.97 Å². The molecule has 0 fully saturated rings. The fourth-order valence-corrected chi connectivity index (χ4v) is 1.90. The molecule has 5 heteroatoms. The van der Waals surface area contributed by atoms with Crippen molar-refractivity contribution in [3.05, 3.63) is 53.6 Å². The van der Waals surface area contributed by atoms with E-state index in [1.807, 2.05) is 30.3 Å². The van der Waals surface area contributed by atoms with E-state index in [1.165, 1.54) is 20.3 Å². The van der Waals surface area contributed by atoms with Crippen molar-refractivity contribution in [3.63, 3.8) is 0 Å². The number of benzene rings is 2. The molecule has 0 saturated carbocycles. The van der Waals surface area contributed by atoms with Gasteiger partial charge in [-0.05, 0) is 17.7 Å². The molecule has 0 aliphatic heterocycles. The van der Waals surface area contributed by atoms with E-state index in [-0.39, 0.29) is 0 Å². The van der Waals surface area contributed by atoms with Gasteiger partial charge in [0.25, 0.3) is 0 Å². The summed E-state index contributed by atoms with van der Waals surface area (Å²) in [6.07, 6.45) is 0. The van der Waals surface area contributed by atoms with E-state index in [2.05, 4.69) is 4.74 Å². The second-order valence-electron chi connectivity index (χ2n) is 4.36. The summed E-state index contributed by atoms with van der Waals surface area (Å²) in [6, 6.07) is 12.7. The maximum Gasteiger partial charge on any atom is 0.338 e. The normalized spacial score (nSPS) is 10.0. The minimum Gasteiger partial charge on any atom is -0.493 e. The third-order valence-electron chi connectivity index (χ3n) is 2.95. The quantitative estimate of drug-likeness (QED) is 0.676. The molecule has 0 unspecified atom stereocenters. The largest absolute Gasteiger partial charge is 0.493 e. The summed E-state index contributed by atoms with van der Waals surface area (Å²) in [5.74, 6) is 0.329. The van der Waals surface area contributed by atoms with E-state index in [4.69, 9.17) is 15.2 Å². The number of nitrogen functional groups attached to an aromatic ring is 1. The lowest BCUT2D eigenvalue weighted by Crippen LogP contribution is -2.06. The Hall–Kier alpha value is -2.69. The van der Waals surface area contributed by atoms with E-state index in [1.54, 1.807) is 6.07 Å². The number of anilines is 1. The third-order valence-corrected chi connectivity index (χ3v) is 2.95. The van der Waals surface area contributed by atoms with Gasteiger partial charge < -0.3 is 19.9 Å². The van der Waals surface area contributed by atoms with Crippen LogP contribution in [0.2, 0.25) is 0 Å².